The Morgan fingerprint density at radius 1 is 1.50 bits per heavy atom. The zero-order valence-corrected chi connectivity index (χ0v) is 7.65. The number of rotatable bonds is 2. The van der Waals surface area contributed by atoms with Gasteiger partial charge in [0.05, 0.1) is 6.10 Å². The summed E-state index contributed by atoms with van der Waals surface area (Å²) in [5.74, 6) is -2.17. The predicted molar refractivity (Wildman–Crippen MR) is 43.4 cm³/mol. The number of alkyl halides is 2. The molecule has 0 radical (unpaired) electrons. The van der Waals surface area contributed by atoms with Crippen LogP contribution < -0.4 is 0 Å². The maximum atomic E-state index is 12.9. The highest BCUT2D eigenvalue weighted by Gasteiger charge is 2.40. The lowest BCUT2D eigenvalue weighted by molar-refractivity contribution is -0.109. The van der Waals surface area contributed by atoms with E-state index >= 15 is 0 Å². The van der Waals surface area contributed by atoms with Gasteiger partial charge in [-0.3, -0.25) is 0 Å². The molecule has 0 N–H and O–H groups in total. The molecule has 3 heteroatoms. The second-order valence-corrected chi connectivity index (χ2v) is 3.54. The summed E-state index contributed by atoms with van der Waals surface area (Å²) in [6.07, 6.45) is 1.24. The van der Waals surface area contributed by atoms with Gasteiger partial charge >= 0.3 is 0 Å². The highest BCUT2D eigenvalue weighted by atomic mass is 19.3. The standard InChI is InChI=1S/C9H16F2O/c1-3-7-4-5-9(10,11)6-8(7)12-2/h7-8H,3-6H2,1-2H3. The lowest BCUT2D eigenvalue weighted by Crippen LogP contribution is -2.37. The van der Waals surface area contributed by atoms with Gasteiger partial charge in [-0.15, -0.1) is 0 Å². The average Bonchev–Trinajstić information content (AvgIpc) is 2.03. The summed E-state index contributed by atoms with van der Waals surface area (Å²) in [6.45, 7) is 2.03. The summed E-state index contributed by atoms with van der Waals surface area (Å²) < 4.78 is 30.8. The van der Waals surface area contributed by atoms with E-state index in [0.717, 1.165) is 6.42 Å². The van der Waals surface area contributed by atoms with Gasteiger partial charge in [0.15, 0.2) is 0 Å². The summed E-state index contributed by atoms with van der Waals surface area (Å²) in [5, 5.41) is 0. The molecule has 12 heavy (non-hydrogen) atoms. The molecule has 1 saturated carbocycles. The first-order chi connectivity index (χ1) is 5.59. The van der Waals surface area contributed by atoms with Crippen LogP contribution in [0.3, 0.4) is 0 Å². The Hall–Kier alpha value is -0.180. The highest BCUT2D eigenvalue weighted by Crippen LogP contribution is 2.38. The van der Waals surface area contributed by atoms with E-state index in [1.165, 1.54) is 7.11 Å². The van der Waals surface area contributed by atoms with Gasteiger partial charge < -0.3 is 4.74 Å². The maximum absolute atomic E-state index is 12.9. The van der Waals surface area contributed by atoms with Crippen LogP contribution in [0.25, 0.3) is 0 Å². The molecule has 0 aliphatic heterocycles. The van der Waals surface area contributed by atoms with Crippen LogP contribution in [-0.2, 0) is 4.74 Å². The molecule has 2 atom stereocenters. The first-order valence-electron chi connectivity index (χ1n) is 4.49. The first kappa shape index (κ1) is 9.90. The third-order valence-corrected chi connectivity index (χ3v) is 2.73. The summed E-state index contributed by atoms with van der Waals surface area (Å²) in [7, 11) is 1.52. The lowest BCUT2D eigenvalue weighted by Gasteiger charge is -2.34. The van der Waals surface area contributed by atoms with Crippen molar-refractivity contribution in [1.29, 1.82) is 0 Å². The molecule has 1 rings (SSSR count). The molecule has 0 saturated heterocycles. The monoisotopic (exact) mass is 178 g/mol. The molecule has 0 spiro atoms. The number of halogens is 2. The highest BCUT2D eigenvalue weighted by molar-refractivity contribution is 4.84. The molecule has 1 aliphatic rings. The summed E-state index contributed by atoms with van der Waals surface area (Å²) in [5.41, 5.74) is 0. The van der Waals surface area contributed by atoms with Crippen LogP contribution in [0.15, 0.2) is 0 Å². The van der Waals surface area contributed by atoms with E-state index in [4.69, 9.17) is 4.74 Å². The van der Waals surface area contributed by atoms with Crippen LogP contribution in [0, 0.1) is 5.92 Å². The van der Waals surface area contributed by atoms with E-state index in [1.807, 2.05) is 6.92 Å². The molecule has 2 unspecified atom stereocenters. The SMILES string of the molecule is CCC1CCC(F)(F)CC1OC. The van der Waals surface area contributed by atoms with Gasteiger partial charge in [-0.1, -0.05) is 13.3 Å². The molecule has 0 aromatic heterocycles. The van der Waals surface area contributed by atoms with Crippen molar-refractivity contribution in [2.24, 2.45) is 5.92 Å². The largest absolute Gasteiger partial charge is 0.381 e. The number of hydrogen-bond donors (Lipinski definition) is 0. The van der Waals surface area contributed by atoms with Gasteiger partial charge in [0.25, 0.3) is 5.92 Å². The summed E-state index contributed by atoms with van der Waals surface area (Å²) >= 11 is 0. The van der Waals surface area contributed by atoms with Crippen LogP contribution in [-0.4, -0.2) is 19.1 Å². The lowest BCUT2D eigenvalue weighted by atomic mass is 9.82. The Balaban J connectivity index is 2.53. The molecule has 1 nitrogen and oxygen atoms in total. The van der Waals surface area contributed by atoms with Gasteiger partial charge in [0.2, 0.25) is 0 Å². The second-order valence-electron chi connectivity index (χ2n) is 3.54. The number of ether oxygens (including phenoxy) is 1. The molecule has 0 amide bonds. The van der Waals surface area contributed by atoms with Crippen molar-refractivity contribution in [3.8, 4) is 0 Å². The van der Waals surface area contributed by atoms with E-state index in [-0.39, 0.29) is 18.9 Å². The zero-order chi connectivity index (χ0) is 9.19. The molecule has 1 aliphatic carbocycles. The smallest absolute Gasteiger partial charge is 0.250 e. The van der Waals surface area contributed by atoms with Crippen molar-refractivity contribution in [1.82, 2.24) is 0 Å². The van der Waals surface area contributed by atoms with E-state index in [0.29, 0.717) is 12.3 Å². The van der Waals surface area contributed by atoms with Crippen LogP contribution in [0.1, 0.15) is 32.6 Å². The Morgan fingerprint density at radius 3 is 2.67 bits per heavy atom. The first-order valence-corrected chi connectivity index (χ1v) is 4.49. The molecule has 72 valence electrons. The topological polar surface area (TPSA) is 9.23 Å². The van der Waals surface area contributed by atoms with Crippen LogP contribution in [0.5, 0.6) is 0 Å². The quantitative estimate of drug-likeness (QED) is 0.631. The van der Waals surface area contributed by atoms with E-state index in [1.54, 1.807) is 0 Å². The van der Waals surface area contributed by atoms with E-state index in [9.17, 15) is 8.78 Å². The fourth-order valence-corrected chi connectivity index (χ4v) is 1.89. The van der Waals surface area contributed by atoms with Crippen molar-refractivity contribution in [2.75, 3.05) is 7.11 Å². The van der Waals surface area contributed by atoms with Crippen LogP contribution in [0.2, 0.25) is 0 Å². The molecule has 0 bridgehead atoms. The molecule has 0 aromatic carbocycles. The van der Waals surface area contributed by atoms with Gasteiger partial charge in [-0.05, 0) is 12.3 Å². The van der Waals surface area contributed by atoms with Gasteiger partial charge in [-0.25, -0.2) is 8.78 Å². The third-order valence-electron chi connectivity index (χ3n) is 2.73. The minimum atomic E-state index is -2.49. The van der Waals surface area contributed by atoms with Crippen molar-refractivity contribution in [3.63, 3.8) is 0 Å². The third kappa shape index (κ3) is 2.16. The Labute approximate surface area is 72.1 Å². The zero-order valence-electron chi connectivity index (χ0n) is 7.65. The molecular weight excluding hydrogens is 162 g/mol. The van der Waals surface area contributed by atoms with Gasteiger partial charge in [0.1, 0.15) is 0 Å². The molecular formula is C9H16F2O. The molecule has 0 heterocycles. The van der Waals surface area contributed by atoms with Crippen molar-refractivity contribution >= 4 is 0 Å². The van der Waals surface area contributed by atoms with Crippen molar-refractivity contribution in [2.45, 2.75) is 44.6 Å². The second kappa shape index (κ2) is 3.69. The fourth-order valence-electron chi connectivity index (χ4n) is 1.89. The van der Waals surface area contributed by atoms with Crippen LogP contribution in [0.4, 0.5) is 8.78 Å². The minimum absolute atomic E-state index is 0.0331. The maximum Gasteiger partial charge on any atom is 0.250 e. The normalized spacial score (nSPS) is 35.0. The Kier molecular flexibility index (Phi) is 3.04. The fraction of sp³-hybridized carbons (Fsp3) is 1.00. The van der Waals surface area contributed by atoms with Crippen molar-refractivity contribution < 1.29 is 13.5 Å². The average molecular weight is 178 g/mol. The number of methoxy groups -OCH3 is 1. The Bertz CT molecular complexity index is 147. The van der Waals surface area contributed by atoms with Crippen molar-refractivity contribution in [3.05, 3.63) is 0 Å². The van der Waals surface area contributed by atoms with Gasteiger partial charge in [-0.2, -0.15) is 0 Å². The molecule has 1 fully saturated rings. The summed E-state index contributed by atoms with van der Waals surface area (Å²) in [6, 6.07) is 0. The Morgan fingerprint density at radius 2 is 2.17 bits per heavy atom. The van der Waals surface area contributed by atoms with E-state index in [2.05, 4.69) is 0 Å². The number of hydrogen-bond acceptors (Lipinski definition) is 1. The predicted octanol–water partition coefficient (Wildman–Crippen LogP) is 2.85. The summed E-state index contributed by atoms with van der Waals surface area (Å²) in [4.78, 5) is 0. The van der Waals surface area contributed by atoms with E-state index < -0.39 is 5.92 Å². The van der Waals surface area contributed by atoms with Crippen LogP contribution >= 0.6 is 0 Å². The molecule has 0 aromatic rings. The van der Waals surface area contributed by atoms with Gasteiger partial charge in [0, 0.05) is 20.0 Å². The minimum Gasteiger partial charge on any atom is -0.381 e.